The summed E-state index contributed by atoms with van der Waals surface area (Å²) in [6.07, 6.45) is -3.47. The van der Waals surface area contributed by atoms with Gasteiger partial charge in [-0.3, -0.25) is 4.98 Å². The van der Waals surface area contributed by atoms with Gasteiger partial charge in [-0.2, -0.15) is 13.2 Å². The quantitative estimate of drug-likeness (QED) is 0.439. The minimum Gasteiger partial charge on any atom is -0.478 e. The number of nitrogen functional groups attached to an aromatic ring is 1. The van der Waals surface area contributed by atoms with Gasteiger partial charge in [0.15, 0.2) is 5.69 Å². The molecule has 2 aromatic carbocycles. The van der Waals surface area contributed by atoms with Crippen LogP contribution < -0.4 is 5.73 Å². The summed E-state index contributed by atoms with van der Waals surface area (Å²) in [4.78, 5) is 16.9. The molecule has 11 heteroatoms. The second kappa shape index (κ2) is 12.6. The third kappa shape index (κ3) is 8.77. The van der Waals surface area contributed by atoms with Crippen LogP contribution in [0.3, 0.4) is 0 Å². The fraction of sp³-hybridized carbons (Fsp3) is 0.261. The van der Waals surface area contributed by atoms with Crippen molar-refractivity contribution in [2.24, 2.45) is 0 Å². The number of hydrogen-bond donors (Lipinski definition) is 4. The lowest BCUT2D eigenvalue weighted by Crippen LogP contribution is -2.36. The number of anilines is 1. The van der Waals surface area contributed by atoms with Crippen LogP contribution in [0.1, 0.15) is 22.5 Å². The Hall–Kier alpha value is -3.54. The Kier molecular flexibility index (Phi) is 9.92. The van der Waals surface area contributed by atoms with E-state index in [2.05, 4.69) is 9.97 Å². The molecule has 1 saturated heterocycles. The van der Waals surface area contributed by atoms with Gasteiger partial charge < -0.3 is 25.8 Å². The maximum absolute atomic E-state index is 11.8. The molecule has 34 heavy (non-hydrogen) atoms. The number of carbonyl (C=O) groups is 1. The number of halogens is 3. The van der Waals surface area contributed by atoms with Crippen molar-refractivity contribution in [1.29, 1.82) is 0 Å². The molecule has 5 N–H and O–H groups in total. The molecule has 0 spiro atoms. The Bertz CT molecular complexity index is 1020. The molecule has 1 fully saturated rings. The number of hydrogen-bond acceptors (Lipinski definition) is 7. The van der Waals surface area contributed by atoms with E-state index in [1.807, 2.05) is 42.5 Å². The highest BCUT2D eigenvalue weighted by atomic mass is 19.4. The van der Waals surface area contributed by atoms with Crippen LogP contribution in [0, 0.1) is 0 Å². The van der Waals surface area contributed by atoms with E-state index in [9.17, 15) is 18.0 Å². The normalized spacial score (nSPS) is 17.4. The monoisotopic (exact) mass is 479 g/mol. The van der Waals surface area contributed by atoms with Crippen molar-refractivity contribution in [3.8, 4) is 11.1 Å². The summed E-state index contributed by atoms with van der Waals surface area (Å²) in [7, 11) is 0. The van der Waals surface area contributed by atoms with Gasteiger partial charge in [0, 0.05) is 6.61 Å². The molecule has 2 atom stereocenters. The van der Waals surface area contributed by atoms with E-state index >= 15 is 0 Å². The van der Waals surface area contributed by atoms with Gasteiger partial charge in [0.2, 0.25) is 0 Å². The number of nitrogens with zero attached hydrogens (tertiary/aromatic N) is 2. The summed E-state index contributed by atoms with van der Waals surface area (Å²) >= 11 is 0. The van der Waals surface area contributed by atoms with Gasteiger partial charge in [-0.15, -0.1) is 0 Å². The number of alkyl halides is 3. The number of rotatable bonds is 2. The number of aromatic nitrogens is 2. The Labute approximate surface area is 193 Å². The topological polar surface area (TPSA) is 139 Å². The summed E-state index contributed by atoms with van der Waals surface area (Å²) in [5.41, 5.74) is 6.34. The predicted molar refractivity (Wildman–Crippen MR) is 118 cm³/mol. The third-order valence-electron chi connectivity index (χ3n) is 4.47. The second-order valence-corrected chi connectivity index (χ2v) is 7.07. The van der Waals surface area contributed by atoms with Crippen molar-refractivity contribution in [3.63, 3.8) is 0 Å². The lowest BCUT2D eigenvalue weighted by atomic mass is 10.0. The van der Waals surface area contributed by atoms with Gasteiger partial charge in [0.25, 0.3) is 0 Å². The predicted octanol–water partition coefficient (Wildman–Crippen LogP) is 3.26. The molecule has 182 valence electrons. The average Bonchev–Trinajstić information content (AvgIpc) is 2.82. The summed E-state index contributed by atoms with van der Waals surface area (Å²) in [6.45, 7) is 0.847. The number of ether oxygens (including phenoxy) is 1. The largest absolute Gasteiger partial charge is 0.478 e. The molecular formula is C23H24F3N3O5. The second-order valence-electron chi connectivity index (χ2n) is 7.07. The lowest BCUT2D eigenvalue weighted by Gasteiger charge is -2.22. The molecule has 1 aliphatic rings. The van der Waals surface area contributed by atoms with Gasteiger partial charge in [-0.25, -0.2) is 9.78 Å². The van der Waals surface area contributed by atoms with E-state index < -0.39 is 30.0 Å². The molecule has 0 amide bonds. The van der Waals surface area contributed by atoms with Crippen LogP contribution in [0.4, 0.5) is 19.0 Å². The van der Waals surface area contributed by atoms with E-state index in [0.717, 1.165) is 17.3 Å². The van der Waals surface area contributed by atoms with Crippen molar-refractivity contribution in [2.45, 2.75) is 24.8 Å². The van der Waals surface area contributed by atoms with E-state index in [-0.39, 0.29) is 12.4 Å². The van der Waals surface area contributed by atoms with Crippen LogP contribution in [0.15, 0.2) is 67.0 Å². The summed E-state index contributed by atoms with van der Waals surface area (Å²) in [6, 6.07) is 16.7. The van der Waals surface area contributed by atoms with E-state index in [0.29, 0.717) is 24.8 Å². The highest BCUT2D eigenvalue weighted by Crippen LogP contribution is 2.26. The van der Waals surface area contributed by atoms with Crippen molar-refractivity contribution < 1.29 is 38.0 Å². The number of aromatic carboxylic acids is 1. The number of aliphatic hydroxyl groups excluding tert-OH is 2. The van der Waals surface area contributed by atoms with E-state index in [1.165, 1.54) is 0 Å². The number of aliphatic hydroxyl groups is 2. The fourth-order valence-electron chi connectivity index (χ4n) is 2.67. The minimum absolute atomic E-state index is 0.236. The van der Waals surface area contributed by atoms with Crippen molar-refractivity contribution in [3.05, 3.63) is 78.2 Å². The van der Waals surface area contributed by atoms with Gasteiger partial charge in [0.1, 0.15) is 11.9 Å². The first-order chi connectivity index (χ1) is 16.1. The number of nitrogens with two attached hydrogens (primary N) is 1. The van der Waals surface area contributed by atoms with Crippen LogP contribution in [0.2, 0.25) is 0 Å². The summed E-state index contributed by atoms with van der Waals surface area (Å²) in [5.74, 6) is -1.13. The maximum Gasteiger partial charge on any atom is 0.434 e. The zero-order valence-electron chi connectivity index (χ0n) is 17.9. The SMILES string of the molecule is Nc1cncc(C(F)(F)F)n1.O=C(O)c1ccc(-c2ccccc2)cc1.OC1CCOCC1O. The van der Waals surface area contributed by atoms with Crippen LogP contribution in [0.5, 0.6) is 0 Å². The van der Waals surface area contributed by atoms with E-state index in [1.54, 1.807) is 12.1 Å². The third-order valence-corrected chi connectivity index (χ3v) is 4.47. The smallest absolute Gasteiger partial charge is 0.434 e. The van der Waals surface area contributed by atoms with Crippen molar-refractivity contribution in [2.75, 3.05) is 18.9 Å². The molecule has 8 nitrogen and oxygen atoms in total. The molecule has 1 aromatic heterocycles. The van der Waals surface area contributed by atoms with Gasteiger partial charge in [0.05, 0.1) is 30.7 Å². The molecule has 4 rings (SSSR count). The first-order valence-corrected chi connectivity index (χ1v) is 10.0. The molecule has 0 aliphatic carbocycles. The van der Waals surface area contributed by atoms with Crippen LogP contribution in [0.25, 0.3) is 11.1 Å². The fourth-order valence-corrected chi connectivity index (χ4v) is 2.67. The van der Waals surface area contributed by atoms with E-state index in [4.69, 9.17) is 25.8 Å². The highest BCUT2D eigenvalue weighted by molar-refractivity contribution is 5.88. The Balaban J connectivity index is 0.000000190. The summed E-state index contributed by atoms with van der Waals surface area (Å²) < 4.78 is 40.3. The molecule has 1 aliphatic heterocycles. The standard InChI is InChI=1S/C13H10O2.C5H4F3N3.C5H10O3/c14-13(15)12-8-6-11(7-9-12)10-4-2-1-3-5-10;6-5(7,8)3-1-10-2-4(9)11-3;6-4-1-2-8-3-5(4)7/h1-9H,(H,14,15);1-2H,(H2,9,11);4-7H,1-3H2. The van der Waals surface area contributed by atoms with Crippen LogP contribution >= 0.6 is 0 Å². The first-order valence-electron chi connectivity index (χ1n) is 10.0. The molecule has 0 saturated carbocycles. The maximum atomic E-state index is 11.8. The van der Waals surface area contributed by atoms with Crippen LogP contribution in [-0.2, 0) is 10.9 Å². The Morgan fingerprint density at radius 3 is 2.03 bits per heavy atom. The molecule has 2 heterocycles. The zero-order valence-corrected chi connectivity index (χ0v) is 17.9. The molecule has 0 radical (unpaired) electrons. The minimum atomic E-state index is -4.47. The zero-order chi connectivity index (χ0) is 25.1. The number of carboxylic acid groups (broad SMARTS) is 1. The van der Waals surface area contributed by atoms with Crippen molar-refractivity contribution in [1.82, 2.24) is 9.97 Å². The molecule has 3 aromatic rings. The average molecular weight is 479 g/mol. The van der Waals surface area contributed by atoms with Crippen molar-refractivity contribution >= 4 is 11.8 Å². The molecule has 2 unspecified atom stereocenters. The molecular weight excluding hydrogens is 455 g/mol. The molecule has 0 bridgehead atoms. The Morgan fingerprint density at radius 1 is 0.971 bits per heavy atom. The summed E-state index contributed by atoms with van der Waals surface area (Å²) in [5, 5.41) is 26.4. The van der Waals surface area contributed by atoms with Gasteiger partial charge in [-0.05, 0) is 29.7 Å². The lowest BCUT2D eigenvalue weighted by molar-refractivity contribution is -0.141. The number of carboxylic acids is 1. The van der Waals surface area contributed by atoms with Gasteiger partial charge in [-0.1, -0.05) is 42.5 Å². The van der Waals surface area contributed by atoms with Gasteiger partial charge >= 0.3 is 12.1 Å². The highest BCUT2D eigenvalue weighted by Gasteiger charge is 2.32. The first kappa shape index (κ1) is 26.7. The Morgan fingerprint density at radius 2 is 1.59 bits per heavy atom. The number of benzene rings is 2. The van der Waals surface area contributed by atoms with Crippen LogP contribution in [-0.4, -0.2) is 56.7 Å².